The quantitative estimate of drug-likeness (QED) is 0.865. The zero-order chi connectivity index (χ0) is 14.7. The van der Waals surface area contributed by atoms with Gasteiger partial charge in [0.05, 0.1) is 5.92 Å². The summed E-state index contributed by atoms with van der Waals surface area (Å²) in [6.45, 7) is 2.26. The van der Waals surface area contributed by atoms with Crippen molar-refractivity contribution in [3.05, 3.63) is 0 Å². The van der Waals surface area contributed by atoms with Gasteiger partial charge in [-0.2, -0.15) is 0 Å². The highest BCUT2D eigenvalue weighted by molar-refractivity contribution is 5.80. The number of hydrogen-bond donors (Lipinski definition) is 1. The van der Waals surface area contributed by atoms with Gasteiger partial charge in [-0.3, -0.25) is 9.59 Å². The van der Waals surface area contributed by atoms with Crippen molar-refractivity contribution in [3.8, 4) is 0 Å². The van der Waals surface area contributed by atoms with Gasteiger partial charge in [0.25, 0.3) is 0 Å². The molecule has 0 saturated heterocycles. The molecule has 0 aromatic rings. The summed E-state index contributed by atoms with van der Waals surface area (Å²) in [5.41, 5.74) is 0. The number of aliphatic carboxylic acids is 1. The minimum atomic E-state index is -0.739. The Bertz CT molecular complexity index is 369. The minimum Gasteiger partial charge on any atom is -0.481 e. The van der Waals surface area contributed by atoms with Gasteiger partial charge in [-0.25, -0.2) is 0 Å². The topological polar surface area (TPSA) is 57.6 Å². The number of carbonyl (C=O) groups excluding carboxylic acids is 1. The molecular formula is C16H27NO3. The highest BCUT2D eigenvalue weighted by Crippen LogP contribution is 2.33. The normalized spacial score (nSPS) is 34.5. The smallest absolute Gasteiger partial charge is 0.306 e. The Labute approximate surface area is 121 Å². The highest BCUT2D eigenvalue weighted by atomic mass is 16.4. The maximum absolute atomic E-state index is 12.6. The van der Waals surface area contributed by atoms with Gasteiger partial charge in [0, 0.05) is 19.0 Å². The van der Waals surface area contributed by atoms with Crippen molar-refractivity contribution >= 4 is 11.9 Å². The molecule has 20 heavy (non-hydrogen) atoms. The third kappa shape index (κ3) is 3.53. The molecular weight excluding hydrogens is 254 g/mol. The lowest BCUT2D eigenvalue weighted by atomic mass is 9.80. The first kappa shape index (κ1) is 15.3. The van der Waals surface area contributed by atoms with Crippen molar-refractivity contribution in [2.45, 2.75) is 64.3 Å². The van der Waals surface area contributed by atoms with Crippen molar-refractivity contribution < 1.29 is 14.7 Å². The molecule has 1 N–H and O–H groups in total. The van der Waals surface area contributed by atoms with Crippen LogP contribution in [0.15, 0.2) is 0 Å². The van der Waals surface area contributed by atoms with E-state index in [9.17, 15) is 9.59 Å². The van der Waals surface area contributed by atoms with Crippen molar-refractivity contribution in [1.29, 1.82) is 0 Å². The number of amides is 1. The molecule has 4 heteroatoms. The van der Waals surface area contributed by atoms with Gasteiger partial charge in [-0.05, 0) is 38.0 Å². The second kappa shape index (κ2) is 6.59. The second-order valence-corrected chi connectivity index (χ2v) is 6.77. The fourth-order valence-corrected chi connectivity index (χ4v) is 3.86. The zero-order valence-electron chi connectivity index (χ0n) is 12.7. The molecule has 0 heterocycles. The molecule has 4 atom stereocenters. The van der Waals surface area contributed by atoms with Crippen LogP contribution < -0.4 is 0 Å². The third-order valence-electron chi connectivity index (χ3n) is 5.18. The van der Waals surface area contributed by atoms with Crippen molar-refractivity contribution in [2.24, 2.45) is 17.8 Å². The van der Waals surface area contributed by atoms with E-state index >= 15 is 0 Å². The Morgan fingerprint density at radius 1 is 1.00 bits per heavy atom. The summed E-state index contributed by atoms with van der Waals surface area (Å²) < 4.78 is 0. The van der Waals surface area contributed by atoms with E-state index in [1.165, 1.54) is 12.8 Å². The van der Waals surface area contributed by atoms with E-state index in [1.54, 1.807) is 0 Å². The molecule has 4 nitrogen and oxygen atoms in total. The van der Waals surface area contributed by atoms with Crippen LogP contribution in [0.4, 0.5) is 0 Å². The van der Waals surface area contributed by atoms with Crippen LogP contribution in [0.25, 0.3) is 0 Å². The van der Waals surface area contributed by atoms with E-state index in [0.717, 1.165) is 32.1 Å². The molecule has 2 aliphatic carbocycles. The summed E-state index contributed by atoms with van der Waals surface area (Å²) >= 11 is 0. The molecule has 0 radical (unpaired) electrons. The largest absolute Gasteiger partial charge is 0.481 e. The Balaban J connectivity index is 1.93. The monoisotopic (exact) mass is 281 g/mol. The molecule has 0 spiro atoms. The summed E-state index contributed by atoms with van der Waals surface area (Å²) in [5, 5.41) is 9.13. The average molecular weight is 281 g/mol. The number of hydrogen-bond acceptors (Lipinski definition) is 2. The van der Waals surface area contributed by atoms with Gasteiger partial charge in [-0.15, -0.1) is 0 Å². The number of nitrogens with zero attached hydrogens (tertiary/aromatic N) is 1. The van der Waals surface area contributed by atoms with Gasteiger partial charge >= 0.3 is 5.97 Å². The number of carboxylic acid groups (broad SMARTS) is 1. The second-order valence-electron chi connectivity index (χ2n) is 6.77. The summed E-state index contributed by atoms with van der Waals surface area (Å²) in [6, 6.07) is 0.358. The maximum Gasteiger partial charge on any atom is 0.306 e. The molecule has 0 aromatic heterocycles. The molecule has 2 aliphatic rings. The fraction of sp³-hybridized carbons (Fsp3) is 0.875. The first-order valence-corrected chi connectivity index (χ1v) is 7.98. The predicted octanol–water partition coefficient (Wildman–Crippen LogP) is 2.91. The van der Waals surface area contributed by atoms with Gasteiger partial charge < -0.3 is 10.0 Å². The van der Waals surface area contributed by atoms with E-state index < -0.39 is 5.97 Å². The molecule has 1 amide bonds. The van der Waals surface area contributed by atoms with Crippen LogP contribution in [0.2, 0.25) is 0 Å². The number of carboxylic acids is 1. The van der Waals surface area contributed by atoms with E-state index in [2.05, 4.69) is 6.92 Å². The van der Waals surface area contributed by atoms with Crippen molar-refractivity contribution in [3.63, 3.8) is 0 Å². The van der Waals surface area contributed by atoms with E-state index in [0.29, 0.717) is 18.4 Å². The van der Waals surface area contributed by atoms with Gasteiger partial charge in [0.1, 0.15) is 0 Å². The summed E-state index contributed by atoms with van der Waals surface area (Å²) in [5.74, 6) is -0.267. The Hall–Kier alpha value is -1.06. The van der Waals surface area contributed by atoms with E-state index in [1.807, 2.05) is 11.9 Å². The molecule has 4 unspecified atom stereocenters. The third-order valence-corrected chi connectivity index (χ3v) is 5.18. The fourth-order valence-electron chi connectivity index (χ4n) is 3.86. The zero-order valence-corrected chi connectivity index (χ0v) is 12.7. The lowest BCUT2D eigenvalue weighted by Gasteiger charge is -2.37. The molecule has 2 saturated carbocycles. The SMILES string of the molecule is CC1CCCC(N(C)C(=O)C2CCCC(C(=O)O)C2)C1. The summed E-state index contributed by atoms with van der Waals surface area (Å²) in [7, 11) is 1.91. The predicted molar refractivity (Wildman–Crippen MR) is 77.3 cm³/mol. The van der Waals surface area contributed by atoms with E-state index in [-0.39, 0.29) is 17.7 Å². The summed E-state index contributed by atoms with van der Waals surface area (Å²) in [6.07, 6.45) is 7.63. The molecule has 114 valence electrons. The van der Waals surface area contributed by atoms with Crippen LogP contribution in [0.1, 0.15) is 58.3 Å². The van der Waals surface area contributed by atoms with Gasteiger partial charge in [0.2, 0.25) is 5.91 Å². The molecule has 2 rings (SSSR count). The summed E-state index contributed by atoms with van der Waals surface area (Å²) in [4.78, 5) is 25.6. The van der Waals surface area contributed by atoms with Gasteiger partial charge in [-0.1, -0.05) is 26.2 Å². The Morgan fingerprint density at radius 2 is 1.65 bits per heavy atom. The Kier molecular flexibility index (Phi) is 5.06. The van der Waals surface area contributed by atoms with Crippen LogP contribution in [-0.4, -0.2) is 35.0 Å². The Morgan fingerprint density at radius 3 is 2.30 bits per heavy atom. The van der Waals surface area contributed by atoms with Gasteiger partial charge in [0.15, 0.2) is 0 Å². The van der Waals surface area contributed by atoms with Crippen LogP contribution in [0, 0.1) is 17.8 Å². The molecule has 0 aromatic carbocycles. The lowest BCUT2D eigenvalue weighted by Crippen LogP contribution is -2.44. The molecule has 0 bridgehead atoms. The van der Waals surface area contributed by atoms with Crippen LogP contribution in [-0.2, 0) is 9.59 Å². The lowest BCUT2D eigenvalue weighted by molar-refractivity contribution is -0.146. The van der Waals surface area contributed by atoms with Crippen molar-refractivity contribution in [2.75, 3.05) is 7.05 Å². The molecule has 0 aliphatic heterocycles. The maximum atomic E-state index is 12.6. The first-order chi connectivity index (χ1) is 9.49. The standard InChI is InChI=1S/C16H27NO3/c1-11-5-3-8-14(9-11)17(2)15(18)12-6-4-7-13(10-12)16(19)20/h11-14H,3-10H2,1-2H3,(H,19,20). The first-order valence-electron chi connectivity index (χ1n) is 7.98. The number of carbonyl (C=O) groups is 2. The van der Waals surface area contributed by atoms with Crippen LogP contribution in [0.3, 0.4) is 0 Å². The minimum absolute atomic E-state index is 0.0768. The molecule has 2 fully saturated rings. The number of rotatable bonds is 3. The average Bonchev–Trinajstić information content (AvgIpc) is 2.45. The van der Waals surface area contributed by atoms with Crippen LogP contribution >= 0.6 is 0 Å². The van der Waals surface area contributed by atoms with E-state index in [4.69, 9.17) is 5.11 Å². The highest BCUT2D eigenvalue weighted by Gasteiger charge is 2.34. The van der Waals surface area contributed by atoms with Crippen LogP contribution in [0.5, 0.6) is 0 Å². The van der Waals surface area contributed by atoms with Crippen molar-refractivity contribution in [1.82, 2.24) is 4.90 Å².